The summed E-state index contributed by atoms with van der Waals surface area (Å²) < 4.78 is 23.3. The van der Waals surface area contributed by atoms with Crippen molar-refractivity contribution in [2.75, 3.05) is 6.61 Å². The molecule has 144 valence electrons. The molecule has 2 atom stereocenters. The van der Waals surface area contributed by atoms with Crippen molar-refractivity contribution in [1.29, 1.82) is 0 Å². The van der Waals surface area contributed by atoms with Crippen molar-refractivity contribution in [3.05, 3.63) is 34.3 Å². The molecule has 0 aromatic heterocycles. The minimum absolute atomic E-state index is 0.133. The maximum Gasteiger partial charge on any atom is 0.192 e. The van der Waals surface area contributed by atoms with Crippen LogP contribution in [0.3, 0.4) is 0 Å². The average Bonchev–Trinajstić information content (AvgIpc) is 2.43. The molecular formula is C19H34BrNO2SSi. The summed E-state index contributed by atoms with van der Waals surface area (Å²) in [5.41, 5.74) is 0.537. The van der Waals surface area contributed by atoms with E-state index in [4.69, 9.17) is 4.43 Å². The van der Waals surface area contributed by atoms with E-state index in [1.54, 1.807) is 0 Å². The summed E-state index contributed by atoms with van der Waals surface area (Å²) in [5, 5.41) is 0.133. The number of hydrogen-bond acceptors (Lipinski definition) is 2. The summed E-state index contributed by atoms with van der Waals surface area (Å²) in [6.07, 6.45) is 0. The van der Waals surface area contributed by atoms with Gasteiger partial charge in [0.05, 0.1) is 27.9 Å². The van der Waals surface area contributed by atoms with E-state index in [-0.39, 0.29) is 9.79 Å². The van der Waals surface area contributed by atoms with Crippen molar-refractivity contribution >= 4 is 35.2 Å². The maximum absolute atomic E-state index is 12.8. The topological polar surface area (TPSA) is 38.3 Å². The third-order valence-corrected chi connectivity index (χ3v) is 11.6. The van der Waals surface area contributed by atoms with Crippen molar-refractivity contribution in [2.45, 2.75) is 76.9 Å². The Labute approximate surface area is 166 Å². The quantitative estimate of drug-likeness (QED) is 0.564. The molecule has 0 saturated heterocycles. The van der Waals surface area contributed by atoms with Gasteiger partial charge in [0.25, 0.3) is 0 Å². The van der Waals surface area contributed by atoms with Crippen LogP contribution in [-0.2, 0) is 21.0 Å². The van der Waals surface area contributed by atoms with Gasteiger partial charge in [0.1, 0.15) is 0 Å². The maximum atomic E-state index is 12.8. The lowest BCUT2D eigenvalue weighted by molar-refractivity contribution is 0.200. The zero-order valence-corrected chi connectivity index (χ0v) is 20.5. The Bertz CT molecular complexity index is 623. The van der Waals surface area contributed by atoms with Crippen molar-refractivity contribution in [2.24, 2.45) is 0 Å². The van der Waals surface area contributed by atoms with Gasteiger partial charge in [-0.3, -0.25) is 0 Å². The fourth-order valence-electron chi connectivity index (χ4n) is 1.90. The second kappa shape index (κ2) is 7.93. The molecule has 1 rings (SSSR count). The van der Waals surface area contributed by atoms with Crippen LogP contribution in [0.15, 0.2) is 28.7 Å². The lowest BCUT2D eigenvalue weighted by Gasteiger charge is -2.41. The van der Waals surface area contributed by atoms with Crippen LogP contribution in [0.4, 0.5) is 0 Å². The van der Waals surface area contributed by atoms with E-state index in [0.717, 1.165) is 10.0 Å². The third kappa shape index (κ3) is 6.28. The predicted octanol–water partition coefficient (Wildman–Crippen LogP) is 5.74. The van der Waals surface area contributed by atoms with Crippen molar-refractivity contribution < 1.29 is 8.63 Å². The van der Waals surface area contributed by atoms with E-state index in [0.29, 0.717) is 6.61 Å². The summed E-state index contributed by atoms with van der Waals surface area (Å²) in [7, 11) is -3.10. The Morgan fingerprint density at radius 1 is 1.12 bits per heavy atom. The van der Waals surface area contributed by atoms with Gasteiger partial charge in [0, 0.05) is 4.47 Å². The Morgan fingerprint density at radius 3 is 2.12 bits per heavy atom. The highest BCUT2D eigenvalue weighted by atomic mass is 79.9. The van der Waals surface area contributed by atoms with E-state index in [1.165, 1.54) is 0 Å². The first kappa shape index (κ1) is 23.0. The van der Waals surface area contributed by atoms with Crippen LogP contribution >= 0.6 is 15.9 Å². The van der Waals surface area contributed by atoms with Gasteiger partial charge in [-0.25, -0.2) is 8.93 Å². The van der Waals surface area contributed by atoms with Crippen LogP contribution in [0.25, 0.3) is 0 Å². The molecule has 0 spiro atoms. The fraction of sp³-hybridized carbons (Fsp3) is 0.684. The number of nitrogens with one attached hydrogen (secondary N) is 1. The van der Waals surface area contributed by atoms with Crippen LogP contribution in [-0.4, -0.2) is 23.9 Å². The number of halogens is 1. The molecule has 25 heavy (non-hydrogen) atoms. The molecule has 0 aliphatic rings. The van der Waals surface area contributed by atoms with Crippen LogP contribution in [0.1, 0.15) is 54.0 Å². The standard InChI is InChI=1S/C19H34BrNO2SSi/c1-17(2,3)24(22)21-19(7,15-11-10-12-16(20)13-15)14-23-25(8,9)18(4,5)6/h10-13,21H,14H2,1-9H3/t19-,24?/m0/s1. The number of rotatable bonds is 6. The predicted molar refractivity (Wildman–Crippen MR) is 116 cm³/mol. The SMILES string of the molecule is CC(C)(C)S(=O)N[C@@](C)(CO[Si](C)(C)C(C)(C)C)c1cccc(Br)c1. The van der Waals surface area contributed by atoms with Crippen molar-refractivity contribution in [1.82, 2.24) is 4.72 Å². The van der Waals surface area contributed by atoms with Crippen LogP contribution in [0.2, 0.25) is 18.1 Å². The van der Waals surface area contributed by atoms with Gasteiger partial charge in [-0.15, -0.1) is 0 Å². The molecule has 1 unspecified atom stereocenters. The first-order valence-corrected chi connectivity index (χ1v) is 13.5. The highest BCUT2D eigenvalue weighted by Gasteiger charge is 2.41. The zero-order chi connectivity index (χ0) is 19.7. The Balaban J connectivity index is 3.18. The lowest BCUT2D eigenvalue weighted by Crippen LogP contribution is -2.52. The average molecular weight is 449 g/mol. The van der Waals surface area contributed by atoms with E-state index >= 15 is 0 Å². The molecule has 0 heterocycles. The van der Waals surface area contributed by atoms with Gasteiger partial charge in [-0.2, -0.15) is 0 Å². The first-order valence-electron chi connectivity index (χ1n) is 8.68. The first-order chi connectivity index (χ1) is 11.1. The van der Waals surface area contributed by atoms with E-state index < -0.39 is 24.8 Å². The molecule has 6 heteroatoms. The molecule has 3 nitrogen and oxygen atoms in total. The van der Waals surface area contributed by atoms with Gasteiger partial charge >= 0.3 is 0 Å². The van der Waals surface area contributed by atoms with Crippen molar-refractivity contribution in [3.63, 3.8) is 0 Å². The van der Waals surface area contributed by atoms with Gasteiger partial charge < -0.3 is 4.43 Å². The lowest BCUT2D eigenvalue weighted by atomic mass is 9.94. The molecule has 1 aromatic rings. The molecule has 1 aromatic carbocycles. The Hall–Kier alpha value is -0.0131. The molecule has 0 amide bonds. The monoisotopic (exact) mass is 447 g/mol. The third-order valence-electron chi connectivity index (χ3n) is 4.86. The van der Waals surface area contributed by atoms with Crippen molar-refractivity contribution in [3.8, 4) is 0 Å². The minimum Gasteiger partial charge on any atom is -0.415 e. The number of benzene rings is 1. The molecule has 0 aliphatic carbocycles. The molecular weight excluding hydrogens is 414 g/mol. The van der Waals surface area contributed by atoms with E-state index in [9.17, 15) is 4.21 Å². The largest absolute Gasteiger partial charge is 0.415 e. The molecule has 0 aliphatic heterocycles. The normalized spacial score (nSPS) is 17.2. The summed E-state index contributed by atoms with van der Waals surface area (Å²) in [5.74, 6) is 0. The van der Waals surface area contributed by atoms with Crippen LogP contribution in [0, 0.1) is 0 Å². The fourth-order valence-corrected chi connectivity index (χ4v) is 4.28. The summed E-state index contributed by atoms with van der Waals surface area (Å²) in [4.78, 5) is 0. The Kier molecular flexibility index (Phi) is 7.30. The van der Waals surface area contributed by atoms with Crippen LogP contribution in [0.5, 0.6) is 0 Å². The molecule has 1 N–H and O–H groups in total. The summed E-state index contributed by atoms with van der Waals surface area (Å²) in [6.45, 7) is 19.7. The van der Waals surface area contributed by atoms with Crippen LogP contribution < -0.4 is 4.72 Å². The molecule has 0 radical (unpaired) electrons. The smallest absolute Gasteiger partial charge is 0.192 e. The van der Waals surface area contributed by atoms with E-state index in [1.807, 2.05) is 32.9 Å². The van der Waals surface area contributed by atoms with E-state index in [2.05, 4.69) is 73.6 Å². The highest BCUT2D eigenvalue weighted by molar-refractivity contribution is 9.10. The van der Waals surface area contributed by atoms with Gasteiger partial charge in [0.2, 0.25) is 0 Å². The number of hydrogen-bond donors (Lipinski definition) is 1. The molecule has 0 saturated carbocycles. The Morgan fingerprint density at radius 2 is 1.68 bits per heavy atom. The second-order valence-electron chi connectivity index (χ2n) is 9.37. The molecule has 0 fully saturated rings. The summed E-state index contributed by atoms with van der Waals surface area (Å²) in [6, 6.07) is 8.14. The highest BCUT2D eigenvalue weighted by Crippen LogP contribution is 2.38. The minimum atomic E-state index is -1.91. The van der Waals surface area contributed by atoms with Gasteiger partial charge in [0.15, 0.2) is 8.32 Å². The van der Waals surface area contributed by atoms with Gasteiger partial charge in [-0.05, 0) is 63.5 Å². The second-order valence-corrected chi connectivity index (χ2v) is 17.1. The van der Waals surface area contributed by atoms with Gasteiger partial charge in [-0.1, -0.05) is 48.8 Å². The molecule has 0 bridgehead atoms. The summed E-state index contributed by atoms with van der Waals surface area (Å²) >= 11 is 3.55. The zero-order valence-electron chi connectivity index (χ0n) is 17.1.